The van der Waals surface area contributed by atoms with E-state index in [1.54, 1.807) is 6.07 Å². The van der Waals surface area contributed by atoms with Gasteiger partial charge in [0.15, 0.2) is 0 Å². The highest BCUT2D eigenvalue weighted by molar-refractivity contribution is 5.95. The summed E-state index contributed by atoms with van der Waals surface area (Å²) in [5.74, 6) is -1.08. The molecule has 1 aromatic rings. The summed E-state index contributed by atoms with van der Waals surface area (Å²) in [5.41, 5.74) is 2.68. The molecule has 0 radical (unpaired) electrons. The summed E-state index contributed by atoms with van der Waals surface area (Å²) >= 11 is 0. The fourth-order valence-electron chi connectivity index (χ4n) is 2.21. The third-order valence-corrected chi connectivity index (χ3v) is 3.50. The minimum absolute atomic E-state index is 0.0628. The average molecular weight is 277 g/mol. The van der Waals surface area contributed by atoms with E-state index in [2.05, 4.69) is 5.32 Å². The lowest BCUT2D eigenvalue weighted by molar-refractivity contribution is -0.137. The van der Waals surface area contributed by atoms with Crippen molar-refractivity contribution >= 4 is 11.9 Å². The number of carboxylic acid groups (broad SMARTS) is 1. The molecule has 1 unspecified atom stereocenters. The molecule has 108 valence electrons. The van der Waals surface area contributed by atoms with Crippen LogP contribution in [0.2, 0.25) is 0 Å². The predicted octanol–water partition coefficient (Wildman–Crippen LogP) is 1.95. The molecule has 0 fully saturated rings. The summed E-state index contributed by atoms with van der Waals surface area (Å²) in [4.78, 5) is 23.0. The Morgan fingerprint density at radius 2 is 2.00 bits per heavy atom. The van der Waals surface area contributed by atoms with Crippen molar-refractivity contribution in [2.45, 2.75) is 39.5 Å². The molecule has 1 atom stereocenters. The van der Waals surface area contributed by atoms with E-state index in [4.69, 9.17) is 9.84 Å². The number of fused-ring (bicyclic) bond motifs is 1. The third-order valence-electron chi connectivity index (χ3n) is 3.50. The molecule has 0 saturated carbocycles. The van der Waals surface area contributed by atoms with Crippen molar-refractivity contribution in [3.63, 3.8) is 0 Å². The van der Waals surface area contributed by atoms with Crippen LogP contribution in [0.1, 0.15) is 41.8 Å². The Hall–Kier alpha value is -1.88. The topological polar surface area (TPSA) is 75.6 Å². The van der Waals surface area contributed by atoms with Gasteiger partial charge < -0.3 is 15.2 Å². The number of nitrogens with one attached hydrogen (secondary N) is 1. The Balaban J connectivity index is 2.08. The molecule has 5 nitrogen and oxygen atoms in total. The molecule has 1 amide bonds. The minimum Gasteiger partial charge on any atom is -0.481 e. The number of carbonyl (C=O) groups is 2. The Morgan fingerprint density at radius 3 is 2.65 bits per heavy atom. The third kappa shape index (κ3) is 3.36. The smallest absolute Gasteiger partial charge is 0.305 e. The maximum Gasteiger partial charge on any atom is 0.305 e. The zero-order valence-corrected chi connectivity index (χ0v) is 11.7. The molecule has 1 aromatic carbocycles. The van der Waals surface area contributed by atoms with Crippen molar-refractivity contribution in [3.8, 4) is 0 Å². The number of aliphatic carboxylic acids is 1. The molecule has 0 bridgehead atoms. The summed E-state index contributed by atoms with van der Waals surface area (Å²) in [7, 11) is 0. The Morgan fingerprint density at radius 1 is 1.30 bits per heavy atom. The van der Waals surface area contributed by atoms with Gasteiger partial charge in [0.05, 0.1) is 19.6 Å². The van der Waals surface area contributed by atoms with Crippen LogP contribution < -0.4 is 5.32 Å². The van der Waals surface area contributed by atoms with Gasteiger partial charge in [0.2, 0.25) is 0 Å². The van der Waals surface area contributed by atoms with Crippen LogP contribution >= 0.6 is 0 Å². The second kappa shape index (κ2) is 6.05. The number of rotatable bonds is 5. The van der Waals surface area contributed by atoms with Gasteiger partial charge >= 0.3 is 5.97 Å². The van der Waals surface area contributed by atoms with Crippen LogP contribution in [0.25, 0.3) is 0 Å². The number of carboxylic acids is 1. The first-order valence-electron chi connectivity index (χ1n) is 6.69. The molecular weight excluding hydrogens is 258 g/mol. The molecule has 2 N–H and O–H groups in total. The lowest BCUT2D eigenvalue weighted by Crippen LogP contribution is -2.40. The van der Waals surface area contributed by atoms with Gasteiger partial charge in [0, 0.05) is 11.6 Å². The number of amides is 1. The first kappa shape index (κ1) is 14.5. The fourth-order valence-corrected chi connectivity index (χ4v) is 2.21. The molecule has 1 heterocycles. The minimum atomic E-state index is -0.911. The molecule has 1 aliphatic heterocycles. The van der Waals surface area contributed by atoms with Gasteiger partial charge in [0.1, 0.15) is 0 Å². The number of carbonyl (C=O) groups excluding carboxylic acids is 1. The molecule has 0 aliphatic carbocycles. The molecular formula is C15H19NO4. The van der Waals surface area contributed by atoms with Crippen LogP contribution in [0.3, 0.4) is 0 Å². The quantitative estimate of drug-likeness (QED) is 0.862. The summed E-state index contributed by atoms with van der Waals surface area (Å²) < 4.78 is 5.31. The first-order valence-corrected chi connectivity index (χ1v) is 6.69. The standard InChI is InChI=1S/C15H19NO4/c1-9(2)13(6-14(17)18)16-15(19)10-3-4-11-7-20-8-12(11)5-10/h3-5,9,13H,6-8H2,1-2H3,(H,16,19)(H,17,18). The van der Waals surface area contributed by atoms with Crippen LogP contribution in [-0.2, 0) is 22.7 Å². The SMILES string of the molecule is CC(C)C(CC(=O)O)NC(=O)c1ccc2c(c1)COC2. The van der Waals surface area contributed by atoms with Gasteiger partial charge in [-0.1, -0.05) is 19.9 Å². The highest BCUT2D eigenvalue weighted by Crippen LogP contribution is 2.21. The summed E-state index contributed by atoms with van der Waals surface area (Å²) in [6, 6.07) is 5.08. The van der Waals surface area contributed by atoms with Crippen LogP contribution in [0, 0.1) is 5.92 Å². The lowest BCUT2D eigenvalue weighted by atomic mass is 10.00. The van der Waals surface area contributed by atoms with Gasteiger partial charge in [-0.2, -0.15) is 0 Å². The second-order valence-corrected chi connectivity index (χ2v) is 5.40. The lowest BCUT2D eigenvalue weighted by Gasteiger charge is -2.20. The van der Waals surface area contributed by atoms with Crippen molar-refractivity contribution < 1.29 is 19.4 Å². The van der Waals surface area contributed by atoms with E-state index in [0.29, 0.717) is 18.8 Å². The summed E-state index contributed by atoms with van der Waals surface area (Å²) in [5, 5.41) is 11.7. The maximum atomic E-state index is 12.2. The van der Waals surface area contributed by atoms with Crippen molar-refractivity contribution in [1.29, 1.82) is 0 Å². The molecule has 1 aliphatic rings. The normalized spacial score (nSPS) is 14.9. The highest BCUT2D eigenvalue weighted by atomic mass is 16.5. The average Bonchev–Trinajstić information content (AvgIpc) is 2.84. The van der Waals surface area contributed by atoms with Gasteiger partial charge in [-0.05, 0) is 29.2 Å². The van der Waals surface area contributed by atoms with Crippen LogP contribution in [0.5, 0.6) is 0 Å². The van der Waals surface area contributed by atoms with Crippen molar-refractivity contribution in [2.75, 3.05) is 0 Å². The number of hydrogen-bond acceptors (Lipinski definition) is 3. The number of benzene rings is 1. The van der Waals surface area contributed by atoms with E-state index in [0.717, 1.165) is 11.1 Å². The highest BCUT2D eigenvalue weighted by Gasteiger charge is 2.21. The Labute approximate surface area is 117 Å². The van der Waals surface area contributed by atoms with Crippen molar-refractivity contribution in [3.05, 3.63) is 34.9 Å². The van der Waals surface area contributed by atoms with E-state index >= 15 is 0 Å². The molecule has 0 spiro atoms. The molecule has 0 aromatic heterocycles. The molecule has 20 heavy (non-hydrogen) atoms. The number of ether oxygens (including phenoxy) is 1. The van der Waals surface area contributed by atoms with Crippen molar-refractivity contribution in [2.24, 2.45) is 5.92 Å². The largest absolute Gasteiger partial charge is 0.481 e. The molecule has 2 rings (SSSR count). The summed E-state index contributed by atoms with van der Waals surface area (Å²) in [6.45, 7) is 4.90. The van der Waals surface area contributed by atoms with Crippen LogP contribution in [-0.4, -0.2) is 23.0 Å². The zero-order valence-electron chi connectivity index (χ0n) is 11.7. The summed E-state index contributed by atoms with van der Waals surface area (Å²) in [6.07, 6.45) is -0.0720. The number of hydrogen-bond donors (Lipinski definition) is 2. The second-order valence-electron chi connectivity index (χ2n) is 5.40. The maximum absolute atomic E-state index is 12.2. The molecule has 5 heteroatoms. The predicted molar refractivity (Wildman–Crippen MR) is 73.3 cm³/mol. The fraction of sp³-hybridized carbons (Fsp3) is 0.467. The Bertz CT molecular complexity index is 525. The van der Waals surface area contributed by atoms with E-state index in [1.807, 2.05) is 26.0 Å². The molecule has 0 saturated heterocycles. The van der Waals surface area contributed by atoms with Crippen LogP contribution in [0.15, 0.2) is 18.2 Å². The van der Waals surface area contributed by atoms with E-state index < -0.39 is 5.97 Å². The first-order chi connectivity index (χ1) is 9.47. The van der Waals surface area contributed by atoms with E-state index in [-0.39, 0.29) is 24.3 Å². The van der Waals surface area contributed by atoms with Gasteiger partial charge in [-0.25, -0.2) is 0 Å². The zero-order chi connectivity index (χ0) is 14.7. The monoisotopic (exact) mass is 277 g/mol. The van der Waals surface area contributed by atoms with Gasteiger partial charge in [-0.3, -0.25) is 9.59 Å². The van der Waals surface area contributed by atoms with Gasteiger partial charge in [-0.15, -0.1) is 0 Å². The van der Waals surface area contributed by atoms with E-state index in [9.17, 15) is 9.59 Å². The van der Waals surface area contributed by atoms with Gasteiger partial charge in [0.25, 0.3) is 5.91 Å². The van der Waals surface area contributed by atoms with Crippen LogP contribution in [0.4, 0.5) is 0 Å². The Kier molecular flexibility index (Phi) is 4.39. The van der Waals surface area contributed by atoms with E-state index in [1.165, 1.54) is 0 Å². The van der Waals surface area contributed by atoms with Crippen molar-refractivity contribution in [1.82, 2.24) is 5.32 Å².